The van der Waals surface area contributed by atoms with E-state index in [-0.39, 0.29) is 11.5 Å². The molecule has 1 fully saturated rings. The van der Waals surface area contributed by atoms with E-state index in [1.807, 2.05) is 18.7 Å². The van der Waals surface area contributed by atoms with Crippen molar-refractivity contribution in [3.63, 3.8) is 0 Å². The molecular weight excluding hydrogens is 284 g/mol. The van der Waals surface area contributed by atoms with E-state index in [2.05, 4.69) is 20.9 Å². The molecule has 0 bridgehead atoms. The van der Waals surface area contributed by atoms with Crippen molar-refractivity contribution in [1.29, 1.82) is 0 Å². The van der Waals surface area contributed by atoms with Crippen molar-refractivity contribution < 1.29 is 9.53 Å². The highest BCUT2D eigenvalue weighted by molar-refractivity contribution is 9.10. The van der Waals surface area contributed by atoms with Gasteiger partial charge in [0, 0.05) is 30.0 Å². The lowest BCUT2D eigenvalue weighted by atomic mass is 10.1. The number of nitrogens with zero attached hydrogens (tertiary/aromatic N) is 2. The summed E-state index contributed by atoms with van der Waals surface area (Å²) < 4.78 is 6.40. The molecule has 0 aliphatic carbocycles. The van der Waals surface area contributed by atoms with Crippen LogP contribution in [-0.2, 0) is 4.74 Å². The number of aromatic nitrogens is 1. The Bertz CT molecular complexity index is 434. The third-order valence-corrected chi connectivity index (χ3v) is 3.10. The molecule has 0 aromatic carbocycles. The van der Waals surface area contributed by atoms with Gasteiger partial charge in [0.25, 0.3) is 5.91 Å². The molecule has 1 aliphatic heterocycles. The molecule has 0 unspecified atom stereocenters. The Kier molecular flexibility index (Phi) is 3.49. The number of hydrogen-bond acceptors (Lipinski definition) is 3. The van der Waals surface area contributed by atoms with Crippen LogP contribution < -0.4 is 0 Å². The number of carbonyl (C=O) groups excluding carboxylic acids is 1. The van der Waals surface area contributed by atoms with Crippen LogP contribution in [-0.4, -0.2) is 41.1 Å². The fourth-order valence-corrected chi connectivity index (χ4v) is 2.27. The normalized spacial score (nSPS) is 19.1. The number of amides is 1. The second-order valence-electron chi connectivity index (χ2n) is 4.73. The maximum absolute atomic E-state index is 12.2. The smallest absolute Gasteiger partial charge is 0.255 e. The van der Waals surface area contributed by atoms with Gasteiger partial charge in [0.1, 0.15) is 0 Å². The second-order valence-corrected chi connectivity index (χ2v) is 5.64. The zero-order chi connectivity index (χ0) is 12.5. The fraction of sp³-hybridized carbons (Fsp3) is 0.500. The van der Waals surface area contributed by atoms with Gasteiger partial charge in [0.15, 0.2) is 0 Å². The summed E-state index contributed by atoms with van der Waals surface area (Å²) in [5.41, 5.74) is 0.338. The highest BCUT2D eigenvalue weighted by Gasteiger charge is 2.30. The van der Waals surface area contributed by atoms with Gasteiger partial charge >= 0.3 is 0 Å². The molecule has 1 aromatic heterocycles. The molecule has 17 heavy (non-hydrogen) atoms. The van der Waals surface area contributed by atoms with Crippen LogP contribution in [0.3, 0.4) is 0 Å². The maximum Gasteiger partial charge on any atom is 0.255 e. The van der Waals surface area contributed by atoms with Crippen molar-refractivity contribution in [3.05, 3.63) is 28.5 Å². The molecule has 1 aliphatic rings. The average Bonchev–Trinajstić information content (AvgIpc) is 2.26. The highest BCUT2D eigenvalue weighted by Crippen LogP contribution is 2.19. The van der Waals surface area contributed by atoms with Crippen molar-refractivity contribution in [1.82, 2.24) is 9.88 Å². The lowest BCUT2D eigenvalue weighted by molar-refractivity contribution is -0.0764. The zero-order valence-electron chi connectivity index (χ0n) is 9.94. The van der Waals surface area contributed by atoms with E-state index in [1.54, 1.807) is 18.5 Å². The van der Waals surface area contributed by atoms with Crippen molar-refractivity contribution in [2.45, 2.75) is 19.4 Å². The first-order valence-electron chi connectivity index (χ1n) is 5.52. The van der Waals surface area contributed by atoms with E-state index in [4.69, 9.17) is 4.74 Å². The third kappa shape index (κ3) is 3.04. The number of halogens is 1. The molecule has 92 valence electrons. The van der Waals surface area contributed by atoms with Gasteiger partial charge in [-0.3, -0.25) is 9.78 Å². The van der Waals surface area contributed by atoms with Gasteiger partial charge in [-0.1, -0.05) is 0 Å². The number of carbonyl (C=O) groups is 1. The Hall–Kier alpha value is -0.940. The third-order valence-electron chi connectivity index (χ3n) is 2.66. The second kappa shape index (κ2) is 4.74. The van der Waals surface area contributed by atoms with Crippen molar-refractivity contribution >= 4 is 21.8 Å². The van der Waals surface area contributed by atoms with Gasteiger partial charge in [0.05, 0.1) is 17.8 Å². The minimum absolute atomic E-state index is 0.00942. The van der Waals surface area contributed by atoms with E-state index in [0.717, 1.165) is 4.47 Å². The Morgan fingerprint density at radius 2 is 2.29 bits per heavy atom. The molecule has 1 saturated heterocycles. The number of rotatable bonds is 1. The Balaban J connectivity index is 2.15. The summed E-state index contributed by atoms with van der Waals surface area (Å²) in [6.07, 6.45) is 3.26. The van der Waals surface area contributed by atoms with Crippen LogP contribution >= 0.6 is 15.9 Å². The van der Waals surface area contributed by atoms with Crippen LogP contribution in [0.15, 0.2) is 22.9 Å². The summed E-state index contributed by atoms with van der Waals surface area (Å²) in [5, 5.41) is 0. The van der Waals surface area contributed by atoms with Crippen LogP contribution in [0.4, 0.5) is 0 Å². The number of hydrogen-bond donors (Lipinski definition) is 0. The van der Waals surface area contributed by atoms with E-state index in [1.165, 1.54) is 0 Å². The van der Waals surface area contributed by atoms with E-state index in [9.17, 15) is 4.79 Å². The Morgan fingerprint density at radius 1 is 1.53 bits per heavy atom. The molecule has 4 nitrogen and oxygen atoms in total. The van der Waals surface area contributed by atoms with Crippen LogP contribution in [0.1, 0.15) is 24.2 Å². The minimum atomic E-state index is -0.270. The predicted molar refractivity (Wildman–Crippen MR) is 67.9 cm³/mol. The summed E-state index contributed by atoms with van der Waals surface area (Å²) >= 11 is 3.32. The number of pyridine rings is 1. The Labute approximate surface area is 109 Å². The summed E-state index contributed by atoms with van der Waals surface area (Å²) in [6, 6.07) is 1.79. The first-order chi connectivity index (χ1) is 7.98. The lowest BCUT2D eigenvalue weighted by Crippen LogP contribution is -2.50. The molecule has 0 atom stereocenters. The number of ether oxygens (including phenoxy) is 1. The zero-order valence-corrected chi connectivity index (χ0v) is 11.5. The molecular formula is C12H15BrN2O2. The SMILES string of the molecule is CC1(C)CN(C(=O)c2cncc(Br)c2)CCO1. The van der Waals surface area contributed by atoms with E-state index in [0.29, 0.717) is 25.3 Å². The monoisotopic (exact) mass is 298 g/mol. The first-order valence-corrected chi connectivity index (χ1v) is 6.31. The standard InChI is InChI=1S/C12H15BrN2O2/c1-12(2)8-15(3-4-17-12)11(16)9-5-10(13)7-14-6-9/h5-7H,3-4,8H2,1-2H3. The van der Waals surface area contributed by atoms with Crippen LogP contribution in [0.25, 0.3) is 0 Å². The highest BCUT2D eigenvalue weighted by atomic mass is 79.9. The van der Waals surface area contributed by atoms with Gasteiger partial charge in [-0.25, -0.2) is 0 Å². The van der Waals surface area contributed by atoms with Crippen LogP contribution in [0.2, 0.25) is 0 Å². The lowest BCUT2D eigenvalue weighted by Gasteiger charge is -2.38. The molecule has 2 rings (SSSR count). The van der Waals surface area contributed by atoms with Crippen molar-refractivity contribution in [2.75, 3.05) is 19.7 Å². The van der Waals surface area contributed by atoms with E-state index >= 15 is 0 Å². The molecule has 2 heterocycles. The molecule has 1 aromatic rings. The van der Waals surface area contributed by atoms with Crippen molar-refractivity contribution in [2.24, 2.45) is 0 Å². The topological polar surface area (TPSA) is 42.4 Å². The van der Waals surface area contributed by atoms with E-state index < -0.39 is 0 Å². The summed E-state index contributed by atoms with van der Waals surface area (Å²) in [7, 11) is 0. The van der Waals surface area contributed by atoms with Gasteiger partial charge in [-0.05, 0) is 35.8 Å². The molecule has 1 amide bonds. The minimum Gasteiger partial charge on any atom is -0.372 e. The summed E-state index contributed by atoms with van der Waals surface area (Å²) in [6.45, 7) is 5.81. The van der Waals surface area contributed by atoms with Gasteiger partial charge in [-0.15, -0.1) is 0 Å². The first kappa shape index (κ1) is 12.5. The summed E-state index contributed by atoms with van der Waals surface area (Å²) in [5.74, 6) is 0.00942. The molecule has 0 spiro atoms. The fourth-order valence-electron chi connectivity index (χ4n) is 1.90. The van der Waals surface area contributed by atoms with Gasteiger partial charge in [0.2, 0.25) is 0 Å². The average molecular weight is 299 g/mol. The summed E-state index contributed by atoms with van der Waals surface area (Å²) in [4.78, 5) is 18.1. The van der Waals surface area contributed by atoms with Crippen LogP contribution in [0.5, 0.6) is 0 Å². The molecule has 0 saturated carbocycles. The molecule has 0 N–H and O–H groups in total. The maximum atomic E-state index is 12.2. The number of morpholine rings is 1. The molecule has 0 radical (unpaired) electrons. The van der Waals surface area contributed by atoms with Gasteiger partial charge in [-0.2, -0.15) is 0 Å². The van der Waals surface area contributed by atoms with Crippen LogP contribution in [0, 0.1) is 0 Å². The van der Waals surface area contributed by atoms with Crippen molar-refractivity contribution in [3.8, 4) is 0 Å². The molecule has 5 heteroatoms. The Morgan fingerprint density at radius 3 is 2.94 bits per heavy atom. The quantitative estimate of drug-likeness (QED) is 0.797. The predicted octanol–water partition coefficient (Wildman–Crippen LogP) is 2.10. The largest absolute Gasteiger partial charge is 0.372 e. The van der Waals surface area contributed by atoms with Gasteiger partial charge < -0.3 is 9.64 Å².